The number of carbonyl (C=O) groups excluding carboxylic acids is 2. The Balaban J connectivity index is 1.89. The van der Waals surface area contributed by atoms with Gasteiger partial charge in [-0.05, 0) is 29.8 Å². The Labute approximate surface area is 178 Å². The lowest BCUT2D eigenvalue weighted by molar-refractivity contribution is -0.140. The summed E-state index contributed by atoms with van der Waals surface area (Å²) >= 11 is 0. The van der Waals surface area contributed by atoms with Crippen LogP contribution in [0.3, 0.4) is 0 Å². The largest absolute Gasteiger partial charge is 0.507 e. The molecule has 1 N–H and O–H groups in total. The van der Waals surface area contributed by atoms with Gasteiger partial charge in [-0.15, -0.1) is 0 Å². The number of methoxy groups -OCH3 is 1. The molecule has 0 aliphatic carbocycles. The molecular formula is C24H19FN2O4. The molecule has 1 fully saturated rings. The van der Waals surface area contributed by atoms with E-state index in [-0.39, 0.29) is 23.4 Å². The van der Waals surface area contributed by atoms with Gasteiger partial charge in [0.15, 0.2) is 0 Å². The van der Waals surface area contributed by atoms with E-state index in [0.29, 0.717) is 16.9 Å². The van der Waals surface area contributed by atoms with Gasteiger partial charge in [0, 0.05) is 30.1 Å². The summed E-state index contributed by atoms with van der Waals surface area (Å²) in [6.07, 6.45) is 3.16. The number of nitrogens with zero attached hydrogens (tertiary/aromatic N) is 2. The van der Waals surface area contributed by atoms with E-state index in [0.717, 1.165) is 0 Å². The van der Waals surface area contributed by atoms with Gasteiger partial charge in [-0.25, -0.2) is 4.39 Å². The predicted molar refractivity (Wildman–Crippen MR) is 111 cm³/mol. The second-order valence-electron chi connectivity index (χ2n) is 7.04. The number of pyridine rings is 1. The third-order valence-corrected chi connectivity index (χ3v) is 5.16. The van der Waals surface area contributed by atoms with E-state index < -0.39 is 23.5 Å². The smallest absolute Gasteiger partial charge is 0.295 e. The zero-order chi connectivity index (χ0) is 22.0. The summed E-state index contributed by atoms with van der Waals surface area (Å²) in [5.74, 6) is -2.20. The van der Waals surface area contributed by atoms with Crippen molar-refractivity contribution < 1.29 is 23.8 Å². The number of ketones is 1. The molecule has 1 atom stereocenters. The van der Waals surface area contributed by atoms with Gasteiger partial charge < -0.3 is 14.7 Å². The van der Waals surface area contributed by atoms with Crippen LogP contribution in [-0.4, -0.2) is 33.8 Å². The lowest BCUT2D eigenvalue weighted by Gasteiger charge is -2.25. The van der Waals surface area contributed by atoms with Crippen LogP contribution in [0.4, 0.5) is 4.39 Å². The number of hydrogen-bond donors (Lipinski definition) is 1. The van der Waals surface area contributed by atoms with Crippen molar-refractivity contribution in [3.63, 3.8) is 0 Å². The van der Waals surface area contributed by atoms with Gasteiger partial charge in [-0.3, -0.25) is 14.6 Å². The second kappa shape index (κ2) is 8.39. The van der Waals surface area contributed by atoms with E-state index in [1.54, 1.807) is 54.9 Å². The number of aliphatic hydroxyl groups excluding tert-OH is 1. The number of ether oxygens (including phenoxy) is 1. The maximum atomic E-state index is 14.8. The van der Waals surface area contributed by atoms with Crippen LogP contribution in [0, 0.1) is 5.82 Å². The molecule has 1 amide bonds. The number of benzene rings is 2. The number of hydrogen-bond acceptors (Lipinski definition) is 5. The molecule has 31 heavy (non-hydrogen) atoms. The molecule has 4 rings (SSSR count). The van der Waals surface area contributed by atoms with Crippen LogP contribution < -0.4 is 4.74 Å². The van der Waals surface area contributed by atoms with E-state index in [1.807, 2.05) is 0 Å². The first kappa shape index (κ1) is 20.3. The zero-order valence-corrected chi connectivity index (χ0v) is 16.7. The zero-order valence-electron chi connectivity index (χ0n) is 16.7. The summed E-state index contributed by atoms with van der Waals surface area (Å²) < 4.78 is 20.0. The number of rotatable bonds is 5. The average molecular weight is 418 g/mol. The molecule has 7 heteroatoms. The van der Waals surface area contributed by atoms with E-state index in [2.05, 4.69) is 4.98 Å². The number of Topliss-reactive ketones (excluding diaryl/α,β-unsaturated/α-hetero) is 1. The molecule has 0 spiro atoms. The van der Waals surface area contributed by atoms with E-state index in [1.165, 1.54) is 30.2 Å². The first-order chi connectivity index (χ1) is 15.0. The summed E-state index contributed by atoms with van der Waals surface area (Å²) in [5, 5.41) is 11.0. The van der Waals surface area contributed by atoms with E-state index in [4.69, 9.17) is 4.74 Å². The minimum atomic E-state index is -1.09. The topological polar surface area (TPSA) is 79.7 Å². The fourth-order valence-corrected chi connectivity index (χ4v) is 3.68. The minimum Gasteiger partial charge on any atom is -0.507 e. The van der Waals surface area contributed by atoms with Crippen molar-refractivity contribution in [1.82, 2.24) is 9.88 Å². The van der Waals surface area contributed by atoms with Crippen molar-refractivity contribution in [2.24, 2.45) is 0 Å². The van der Waals surface area contributed by atoms with Gasteiger partial charge in [0.1, 0.15) is 17.3 Å². The fourth-order valence-electron chi connectivity index (χ4n) is 3.68. The molecule has 0 unspecified atom stereocenters. The fraction of sp³-hybridized carbons (Fsp3) is 0.125. The first-order valence-corrected chi connectivity index (χ1v) is 9.57. The van der Waals surface area contributed by atoms with Crippen molar-refractivity contribution in [3.05, 3.63) is 101 Å². The molecule has 0 bridgehead atoms. The summed E-state index contributed by atoms with van der Waals surface area (Å²) in [6, 6.07) is 14.7. The standard InChI is InChI=1S/C24H19FN2O4/c1-31-17-8-4-7-16(12-17)22(28)20-21(18-9-2-3-10-19(18)25)27(24(30)23(20)29)14-15-6-5-11-26-13-15/h2-13,21,28H,14H2,1H3/b22-20+/t21-/m1/s1. The highest BCUT2D eigenvalue weighted by Crippen LogP contribution is 2.41. The SMILES string of the molecule is COc1cccc(/C(O)=C2\C(=O)C(=O)N(Cc3cccnc3)[C@@H]2c2ccccc2F)c1. The van der Waals surface area contributed by atoms with Crippen molar-refractivity contribution in [1.29, 1.82) is 0 Å². The molecule has 0 radical (unpaired) electrons. The van der Waals surface area contributed by atoms with Crippen LogP contribution in [0.25, 0.3) is 5.76 Å². The van der Waals surface area contributed by atoms with Gasteiger partial charge in [0.25, 0.3) is 11.7 Å². The van der Waals surface area contributed by atoms with E-state index in [9.17, 15) is 19.1 Å². The third kappa shape index (κ3) is 3.77. The van der Waals surface area contributed by atoms with Crippen LogP contribution in [0.2, 0.25) is 0 Å². The van der Waals surface area contributed by atoms with Crippen molar-refractivity contribution in [3.8, 4) is 5.75 Å². The molecule has 156 valence electrons. The van der Waals surface area contributed by atoms with Gasteiger partial charge in [0.05, 0.1) is 18.7 Å². The molecule has 1 aromatic heterocycles. The van der Waals surface area contributed by atoms with Crippen LogP contribution in [0.5, 0.6) is 5.75 Å². The number of halogens is 1. The minimum absolute atomic E-state index is 0.0340. The Kier molecular flexibility index (Phi) is 5.49. The Hall–Kier alpha value is -4.00. The quantitative estimate of drug-likeness (QED) is 0.387. The molecule has 2 aromatic carbocycles. The van der Waals surface area contributed by atoms with E-state index >= 15 is 0 Å². The van der Waals surface area contributed by atoms with Gasteiger partial charge in [-0.2, -0.15) is 0 Å². The lowest BCUT2D eigenvalue weighted by Crippen LogP contribution is -2.29. The molecule has 1 aliphatic rings. The highest BCUT2D eigenvalue weighted by molar-refractivity contribution is 6.46. The maximum Gasteiger partial charge on any atom is 0.295 e. The maximum absolute atomic E-state index is 14.8. The molecule has 3 aromatic rings. The van der Waals surface area contributed by atoms with Crippen molar-refractivity contribution in [2.75, 3.05) is 7.11 Å². The monoisotopic (exact) mass is 418 g/mol. The predicted octanol–water partition coefficient (Wildman–Crippen LogP) is 3.85. The number of amides is 1. The molecule has 6 nitrogen and oxygen atoms in total. The molecule has 2 heterocycles. The number of carbonyl (C=O) groups is 2. The highest BCUT2D eigenvalue weighted by Gasteiger charge is 2.47. The van der Waals surface area contributed by atoms with Crippen LogP contribution in [-0.2, 0) is 16.1 Å². The van der Waals surface area contributed by atoms with Gasteiger partial charge in [0.2, 0.25) is 0 Å². The van der Waals surface area contributed by atoms with Crippen molar-refractivity contribution in [2.45, 2.75) is 12.6 Å². The Morgan fingerprint density at radius 2 is 1.94 bits per heavy atom. The summed E-state index contributed by atoms with van der Waals surface area (Å²) in [6.45, 7) is 0.0340. The Morgan fingerprint density at radius 3 is 2.65 bits per heavy atom. The summed E-state index contributed by atoms with van der Waals surface area (Å²) in [5.41, 5.74) is 0.912. The number of likely N-dealkylation sites (tertiary alicyclic amines) is 1. The Morgan fingerprint density at radius 1 is 1.13 bits per heavy atom. The third-order valence-electron chi connectivity index (χ3n) is 5.16. The number of aliphatic hydroxyl groups is 1. The Bertz CT molecular complexity index is 1180. The summed E-state index contributed by atoms with van der Waals surface area (Å²) in [4.78, 5) is 31.2. The highest BCUT2D eigenvalue weighted by atomic mass is 19.1. The molecule has 1 aliphatic heterocycles. The van der Waals surface area contributed by atoms with Crippen LogP contribution in [0.15, 0.2) is 78.6 Å². The molecular weight excluding hydrogens is 399 g/mol. The van der Waals surface area contributed by atoms with Gasteiger partial charge >= 0.3 is 0 Å². The van der Waals surface area contributed by atoms with Crippen LogP contribution in [0.1, 0.15) is 22.7 Å². The first-order valence-electron chi connectivity index (χ1n) is 9.57. The van der Waals surface area contributed by atoms with Gasteiger partial charge in [-0.1, -0.05) is 36.4 Å². The average Bonchev–Trinajstić information content (AvgIpc) is 3.04. The molecule has 0 saturated carbocycles. The van der Waals surface area contributed by atoms with Crippen molar-refractivity contribution >= 4 is 17.4 Å². The molecule has 1 saturated heterocycles. The number of aromatic nitrogens is 1. The lowest BCUT2D eigenvalue weighted by atomic mass is 9.94. The van der Waals surface area contributed by atoms with Crippen LogP contribution >= 0.6 is 0 Å². The summed E-state index contributed by atoms with van der Waals surface area (Å²) in [7, 11) is 1.48. The second-order valence-corrected chi connectivity index (χ2v) is 7.04. The normalized spacial score (nSPS) is 17.7.